The van der Waals surface area contributed by atoms with Gasteiger partial charge in [-0.2, -0.15) is 0 Å². The molecule has 4 nitrogen and oxygen atoms in total. The SMILES string of the molecule is COCCNc1nc(C)cn1-c1cccc(I)c1. The molecule has 0 spiro atoms. The molecular weight excluding hydrogens is 341 g/mol. The number of rotatable bonds is 5. The molecule has 1 heterocycles. The van der Waals surface area contributed by atoms with Gasteiger partial charge in [0, 0.05) is 29.1 Å². The first-order chi connectivity index (χ1) is 8.70. The largest absolute Gasteiger partial charge is 0.383 e. The van der Waals surface area contributed by atoms with Crippen LogP contribution in [0.25, 0.3) is 5.69 Å². The second-order valence-electron chi connectivity index (χ2n) is 3.98. The lowest BCUT2D eigenvalue weighted by molar-refractivity contribution is 0.210. The van der Waals surface area contributed by atoms with Gasteiger partial charge in [0.2, 0.25) is 5.95 Å². The van der Waals surface area contributed by atoms with E-state index in [4.69, 9.17) is 4.74 Å². The van der Waals surface area contributed by atoms with Gasteiger partial charge >= 0.3 is 0 Å². The van der Waals surface area contributed by atoms with E-state index in [-0.39, 0.29) is 0 Å². The fourth-order valence-electron chi connectivity index (χ4n) is 1.71. The normalized spacial score (nSPS) is 10.6. The first kappa shape index (κ1) is 13.4. The van der Waals surface area contributed by atoms with Crippen molar-refractivity contribution in [3.05, 3.63) is 39.7 Å². The molecule has 2 aromatic rings. The zero-order valence-electron chi connectivity index (χ0n) is 10.5. The lowest BCUT2D eigenvalue weighted by atomic mass is 10.3. The Morgan fingerprint density at radius 3 is 3.00 bits per heavy atom. The summed E-state index contributed by atoms with van der Waals surface area (Å²) in [5.41, 5.74) is 2.11. The minimum atomic E-state index is 0.665. The van der Waals surface area contributed by atoms with Gasteiger partial charge in [-0.1, -0.05) is 6.07 Å². The molecule has 1 N–H and O–H groups in total. The standard InChI is InChI=1S/C13H16IN3O/c1-10-9-17(12-5-3-4-11(14)8-12)13(16-10)15-6-7-18-2/h3-5,8-9H,6-7H2,1-2H3,(H,15,16). The third kappa shape index (κ3) is 3.23. The van der Waals surface area contributed by atoms with Gasteiger partial charge in [0.05, 0.1) is 12.3 Å². The van der Waals surface area contributed by atoms with E-state index in [1.165, 1.54) is 3.57 Å². The van der Waals surface area contributed by atoms with Gasteiger partial charge in [-0.15, -0.1) is 0 Å². The molecule has 0 unspecified atom stereocenters. The monoisotopic (exact) mass is 357 g/mol. The fraction of sp³-hybridized carbons (Fsp3) is 0.308. The van der Waals surface area contributed by atoms with Crippen molar-refractivity contribution in [1.29, 1.82) is 0 Å². The van der Waals surface area contributed by atoms with Crippen molar-refractivity contribution in [2.45, 2.75) is 6.92 Å². The van der Waals surface area contributed by atoms with Crippen molar-refractivity contribution in [1.82, 2.24) is 9.55 Å². The molecule has 1 aromatic carbocycles. The molecule has 0 fully saturated rings. The molecule has 0 amide bonds. The van der Waals surface area contributed by atoms with Gasteiger partial charge in [-0.3, -0.25) is 4.57 Å². The van der Waals surface area contributed by atoms with Crippen molar-refractivity contribution in [2.24, 2.45) is 0 Å². The summed E-state index contributed by atoms with van der Waals surface area (Å²) < 4.78 is 8.30. The highest BCUT2D eigenvalue weighted by molar-refractivity contribution is 14.1. The Morgan fingerprint density at radius 1 is 1.44 bits per heavy atom. The van der Waals surface area contributed by atoms with Gasteiger partial charge in [0.1, 0.15) is 0 Å². The molecular formula is C13H16IN3O. The van der Waals surface area contributed by atoms with E-state index in [2.05, 4.69) is 55.7 Å². The molecule has 0 aliphatic carbocycles. The van der Waals surface area contributed by atoms with Crippen LogP contribution >= 0.6 is 22.6 Å². The smallest absolute Gasteiger partial charge is 0.207 e. The minimum absolute atomic E-state index is 0.665. The van der Waals surface area contributed by atoms with E-state index >= 15 is 0 Å². The molecule has 2 rings (SSSR count). The molecule has 0 aliphatic rings. The second kappa shape index (κ2) is 6.19. The summed E-state index contributed by atoms with van der Waals surface area (Å²) in [7, 11) is 1.69. The number of nitrogens with zero attached hydrogens (tertiary/aromatic N) is 2. The number of hydrogen-bond donors (Lipinski definition) is 1. The third-order valence-electron chi connectivity index (χ3n) is 2.50. The Balaban J connectivity index is 2.26. The van der Waals surface area contributed by atoms with Gasteiger partial charge in [0.15, 0.2) is 0 Å². The third-order valence-corrected chi connectivity index (χ3v) is 3.17. The van der Waals surface area contributed by atoms with E-state index < -0.39 is 0 Å². The first-order valence-corrected chi connectivity index (χ1v) is 6.83. The Bertz CT molecular complexity index is 525. The highest BCUT2D eigenvalue weighted by Crippen LogP contribution is 2.18. The van der Waals surface area contributed by atoms with Crippen molar-refractivity contribution in [3.63, 3.8) is 0 Å². The summed E-state index contributed by atoms with van der Waals surface area (Å²) in [6.45, 7) is 3.40. The Kier molecular flexibility index (Phi) is 4.60. The van der Waals surface area contributed by atoms with Crippen LogP contribution in [-0.4, -0.2) is 29.8 Å². The number of methoxy groups -OCH3 is 1. The number of hydrogen-bond acceptors (Lipinski definition) is 3. The molecule has 0 bridgehead atoms. The Labute approximate surface area is 121 Å². The van der Waals surface area contributed by atoms with Crippen LogP contribution in [0.2, 0.25) is 0 Å². The number of imidazole rings is 1. The lowest BCUT2D eigenvalue weighted by Gasteiger charge is -2.09. The molecule has 18 heavy (non-hydrogen) atoms. The van der Waals surface area contributed by atoms with E-state index in [0.717, 1.165) is 23.9 Å². The summed E-state index contributed by atoms with van der Waals surface area (Å²) in [5, 5.41) is 3.28. The average Bonchev–Trinajstić information content (AvgIpc) is 2.71. The predicted molar refractivity (Wildman–Crippen MR) is 81.4 cm³/mol. The van der Waals surface area contributed by atoms with Crippen LogP contribution in [0.3, 0.4) is 0 Å². The van der Waals surface area contributed by atoms with Gasteiger partial charge in [-0.05, 0) is 47.7 Å². The van der Waals surface area contributed by atoms with E-state index in [0.29, 0.717) is 6.61 Å². The van der Waals surface area contributed by atoms with Gasteiger partial charge < -0.3 is 10.1 Å². The quantitative estimate of drug-likeness (QED) is 0.661. The molecule has 1 aromatic heterocycles. The number of halogens is 1. The first-order valence-electron chi connectivity index (χ1n) is 5.75. The van der Waals surface area contributed by atoms with E-state index in [9.17, 15) is 0 Å². The highest BCUT2D eigenvalue weighted by Gasteiger charge is 2.07. The zero-order valence-corrected chi connectivity index (χ0v) is 12.6. The van der Waals surface area contributed by atoms with Gasteiger partial charge in [-0.25, -0.2) is 4.98 Å². The summed E-state index contributed by atoms with van der Waals surface area (Å²) in [6.07, 6.45) is 2.03. The predicted octanol–water partition coefficient (Wildman–Crippen LogP) is 2.84. The maximum atomic E-state index is 5.03. The maximum Gasteiger partial charge on any atom is 0.207 e. The summed E-state index contributed by atoms with van der Waals surface area (Å²) >= 11 is 2.31. The van der Waals surface area contributed by atoms with Crippen molar-refractivity contribution >= 4 is 28.5 Å². The van der Waals surface area contributed by atoms with E-state index in [1.807, 2.05) is 19.2 Å². The van der Waals surface area contributed by atoms with Crippen LogP contribution in [0.1, 0.15) is 5.69 Å². The zero-order chi connectivity index (χ0) is 13.0. The molecule has 0 radical (unpaired) electrons. The van der Waals surface area contributed by atoms with Gasteiger partial charge in [0.25, 0.3) is 0 Å². The highest BCUT2D eigenvalue weighted by atomic mass is 127. The Morgan fingerprint density at radius 2 is 2.28 bits per heavy atom. The molecule has 0 saturated heterocycles. The molecule has 0 saturated carbocycles. The molecule has 0 aliphatic heterocycles. The maximum absolute atomic E-state index is 5.03. The van der Waals surface area contributed by atoms with Crippen LogP contribution in [0.15, 0.2) is 30.5 Å². The molecule has 96 valence electrons. The fourth-order valence-corrected chi connectivity index (χ4v) is 2.24. The number of aromatic nitrogens is 2. The minimum Gasteiger partial charge on any atom is -0.383 e. The number of ether oxygens (including phenoxy) is 1. The van der Waals surface area contributed by atoms with Crippen LogP contribution < -0.4 is 5.32 Å². The Hall–Kier alpha value is -1.08. The summed E-state index contributed by atoms with van der Waals surface area (Å²) in [4.78, 5) is 4.48. The van der Waals surface area contributed by atoms with Crippen LogP contribution in [0.4, 0.5) is 5.95 Å². The number of nitrogens with one attached hydrogen (secondary N) is 1. The van der Waals surface area contributed by atoms with Crippen molar-refractivity contribution < 1.29 is 4.74 Å². The average molecular weight is 357 g/mol. The van der Waals surface area contributed by atoms with Crippen LogP contribution in [0.5, 0.6) is 0 Å². The molecule has 5 heteroatoms. The topological polar surface area (TPSA) is 39.1 Å². The van der Waals surface area contributed by atoms with Crippen molar-refractivity contribution in [2.75, 3.05) is 25.6 Å². The number of benzene rings is 1. The number of aryl methyl sites for hydroxylation is 1. The lowest BCUT2D eigenvalue weighted by Crippen LogP contribution is -2.11. The second-order valence-corrected chi connectivity index (χ2v) is 5.22. The van der Waals surface area contributed by atoms with Crippen LogP contribution in [0, 0.1) is 10.5 Å². The molecule has 0 atom stereocenters. The summed E-state index contributed by atoms with van der Waals surface area (Å²) in [5.74, 6) is 0.853. The summed E-state index contributed by atoms with van der Waals surface area (Å²) in [6, 6.07) is 8.32. The van der Waals surface area contributed by atoms with Crippen molar-refractivity contribution in [3.8, 4) is 5.69 Å². The van der Waals surface area contributed by atoms with Crippen LogP contribution in [-0.2, 0) is 4.74 Å². The van der Waals surface area contributed by atoms with E-state index in [1.54, 1.807) is 7.11 Å². The number of anilines is 1.